The molecule has 0 amide bonds. The van der Waals surface area contributed by atoms with E-state index in [-0.39, 0.29) is 12.0 Å². The van der Waals surface area contributed by atoms with E-state index in [1.165, 1.54) is 12.1 Å². The zero-order chi connectivity index (χ0) is 10.8. The Morgan fingerprint density at radius 1 is 1.36 bits per heavy atom. The molecular formula is C8H7BF3O2-. The van der Waals surface area contributed by atoms with Crippen LogP contribution in [0.5, 0.6) is 0 Å². The van der Waals surface area contributed by atoms with Gasteiger partial charge in [0, 0.05) is 0 Å². The van der Waals surface area contributed by atoms with Crippen LogP contribution in [0.15, 0.2) is 24.3 Å². The zero-order valence-corrected chi connectivity index (χ0v) is 7.08. The molecule has 76 valence electrons. The van der Waals surface area contributed by atoms with Crippen LogP contribution in [0.2, 0.25) is 0 Å². The van der Waals surface area contributed by atoms with Crippen molar-refractivity contribution in [3.63, 3.8) is 0 Å². The molecule has 0 saturated heterocycles. The first-order valence-electron chi connectivity index (χ1n) is 3.90. The molecule has 0 radical (unpaired) electrons. The van der Waals surface area contributed by atoms with Crippen molar-refractivity contribution in [3.05, 3.63) is 29.8 Å². The first-order chi connectivity index (χ1) is 6.39. The third-order valence-corrected chi connectivity index (χ3v) is 1.68. The van der Waals surface area contributed by atoms with Gasteiger partial charge in [-0.25, -0.2) is 0 Å². The molecule has 0 atom stereocenters. The molecule has 2 nitrogen and oxygen atoms in total. The fourth-order valence-electron chi connectivity index (χ4n) is 1.08. The van der Waals surface area contributed by atoms with E-state index >= 15 is 0 Å². The minimum Gasteiger partial charge on any atom is -0.481 e. The second kappa shape index (κ2) is 3.73. The van der Waals surface area contributed by atoms with Gasteiger partial charge >= 0.3 is 12.9 Å². The predicted molar refractivity (Wildman–Crippen MR) is 46.5 cm³/mol. The quantitative estimate of drug-likeness (QED) is 0.753. The molecule has 0 fully saturated rings. The Bertz CT molecular complexity index is 349. The van der Waals surface area contributed by atoms with Gasteiger partial charge in [0.05, 0.1) is 6.42 Å². The van der Waals surface area contributed by atoms with Gasteiger partial charge < -0.3 is 18.1 Å². The molecule has 1 aromatic rings. The monoisotopic (exact) mass is 203 g/mol. The molecule has 0 heterocycles. The fourth-order valence-corrected chi connectivity index (χ4v) is 1.08. The van der Waals surface area contributed by atoms with Gasteiger partial charge in [0.2, 0.25) is 0 Å². The van der Waals surface area contributed by atoms with Crippen molar-refractivity contribution < 1.29 is 22.8 Å². The maximum absolute atomic E-state index is 12.2. The molecule has 0 aromatic heterocycles. The summed E-state index contributed by atoms with van der Waals surface area (Å²) in [5.41, 5.74) is -0.599. The van der Waals surface area contributed by atoms with E-state index < -0.39 is 18.4 Å². The summed E-state index contributed by atoms with van der Waals surface area (Å²) in [5.74, 6) is -1.14. The van der Waals surface area contributed by atoms with Gasteiger partial charge in [0.25, 0.3) is 0 Å². The van der Waals surface area contributed by atoms with Crippen molar-refractivity contribution in [1.82, 2.24) is 0 Å². The van der Waals surface area contributed by atoms with Crippen LogP contribution in [0.1, 0.15) is 5.56 Å². The van der Waals surface area contributed by atoms with Crippen molar-refractivity contribution in [3.8, 4) is 0 Å². The van der Waals surface area contributed by atoms with Crippen LogP contribution in [0.4, 0.5) is 12.9 Å². The third-order valence-electron chi connectivity index (χ3n) is 1.68. The molecule has 0 aliphatic heterocycles. The standard InChI is InChI=1S/C8H7BF3O2/c10-9(11,12)7-3-1-2-6(4-7)5-8(13)14/h1-4H,5H2,(H,13,14)/q-1. The van der Waals surface area contributed by atoms with E-state index in [2.05, 4.69) is 0 Å². The Morgan fingerprint density at radius 3 is 2.50 bits per heavy atom. The Hall–Kier alpha value is -1.46. The highest BCUT2D eigenvalue weighted by Gasteiger charge is 2.25. The molecule has 14 heavy (non-hydrogen) atoms. The number of carboxylic acids is 1. The molecule has 0 bridgehead atoms. The molecule has 0 aliphatic rings. The van der Waals surface area contributed by atoms with E-state index in [0.717, 1.165) is 12.1 Å². The first-order valence-corrected chi connectivity index (χ1v) is 3.90. The highest BCUT2D eigenvalue weighted by atomic mass is 19.4. The Morgan fingerprint density at radius 2 is 2.00 bits per heavy atom. The summed E-state index contributed by atoms with van der Waals surface area (Å²) in [6, 6.07) is 4.38. The molecule has 1 aromatic carbocycles. The summed E-state index contributed by atoms with van der Waals surface area (Å²) >= 11 is 0. The lowest BCUT2D eigenvalue weighted by molar-refractivity contribution is -0.136. The minimum absolute atomic E-state index is 0.161. The largest absolute Gasteiger partial charge is 0.509 e. The Balaban J connectivity index is 2.95. The molecular weight excluding hydrogens is 196 g/mol. The number of hydrogen-bond donors (Lipinski definition) is 1. The van der Waals surface area contributed by atoms with Gasteiger partial charge in [-0.15, -0.1) is 5.46 Å². The molecule has 6 heteroatoms. The highest BCUT2D eigenvalue weighted by Crippen LogP contribution is 2.10. The Kier molecular flexibility index (Phi) is 2.83. The van der Waals surface area contributed by atoms with E-state index in [1.807, 2.05) is 0 Å². The van der Waals surface area contributed by atoms with Crippen molar-refractivity contribution in [2.24, 2.45) is 0 Å². The second-order valence-corrected chi connectivity index (χ2v) is 2.89. The average Bonchev–Trinajstić information content (AvgIpc) is 2.01. The lowest BCUT2D eigenvalue weighted by Gasteiger charge is -2.15. The second-order valence-electron chi connectivity index (χ2n) is 2.89. The predicted octanol–water partition coefficient (Wildman–Crippen LogP) is 1.37. The van der Waals surface area contributed by atoms with Crippen molar-refractivity contribution in [2.75, 3.05) is 0 Å². The smallest absolute Gasteiger partial charge is 0.481 e. The molecule has 0 saturated carbocycles. The number of benzene rings is 1. The zero-order valence-electron chi connectivity index (χ0n) is 7.08. The lowest BCUT2D eigenvalue weighted by atomic mass is 9.79. The van der Waals surface area contributed by atoms with Gasteiger partial charge in [0.15, 0.2) is 0 Å². The molecule has 0 spiro atoms. The van der Waals surface area contributed by atoms with Gasteiger partial charge in [-0.3, -0.25) is 4.79 Å². The minimum atomic E-state index is -5.05. The van der Waals surface area contributed by atoms with Gasteiger partial charge in [0.1, 0.15) is 0 Å². The van der Waals surface area contributed by atoms with Crippen LogP contribution in [-0.4, -0.2) is 18.1 Å². The summed E-state index contributed by atoms with van der Waals surface area (Å²) in [6.45, 7) is -5.05. The summed E-state index contributed by atoms with van der Waals surface area (Å²) < 4.78 is 36.7. The summed E-state index contributed by atoms with van der Waals surface area (Å²) in [7, 11) is 0. The van der Waals surface area contributed by atoms with Gasteiger partial charge in [-0.2, -0.15) is 0 Å². The van der Waals surface area contributed by atoms with Crippen LogP contribution < -0.4 is 5.46 Å². The summed E-state index contributed by atoms with van der Waals surface area (Å²) in [4.78, 5) is 10.3. The van der Waals surface area contributed by atoms with Gasteiger partial charge in [-0.05, 0) is 5.56 Å². The maximum atomic E-state index is 12.2. The van der Waals surface area contributed by atoms with Crippen molar-refractivity contribution in [1.29, 1.82) is 0 Å². The number of aliphatic carboxylic acids is 1. The van der Waals surface area contributed by atoms with E-state index in [9.17, 15) is 17.7 Å². The summed E-state index contributed by atoms with van der Waals surface area (Å²) in [5, 5.41) is 8.38. The number of halogens is 3. The van der Waals surface area contributed by atoms with Gasteiger partial charge in [-0.1, -0.05) is 24.3 Å². The lowest BCUT2D eigenvalue weighted by Crippen LogP contribution is -2.34. The van der Waals surface area contributed by atoms with Crippen LogP contribution in [0.25, 0.3) is 0 Å². The molecule has 0 aliphatic carbocycles. The van der Waals surface area contributed by atoms with E-state index in [0.29, 0.717) is 0 Å². The SMILES string of the molecule is O=C(O)Cc1cccc([B-](F)(F)F)c1. The average molecular weight is 203 g/mol. The first kappa shape index (κ1) is 10.6. The Labute approximate surface area is 78.4 Å². The third kappa shape index (κ3) is 2.79. The number of carbonyl (C=O) groups is 1. The van der Waals surface area contributed by atoms with E-state index in [1.54, 1.807) is 0 Å². The highest BCUT2D eigenvalue weighted by molar-refractivity contribution is 6.73. The number of hydrogen-bond acceptors (Lipinski definition) is 1. The number of carboxylic acid groups (broad SMARTS) is 1. The summed E-state index contributed by atoms with van der Waals surface area (Å²) in [6.07, 6.45) is -0.389. The van der Waals surface area contributed by atoms with Crippen LogP contribution in [-0.2, 0) is 11.2 Å². The van der Waals surface area contributed by atoms with Crippen molar-refractivity contribution in [2.45, 2.75) is 6.42 Å². The normalized spacial score (nSPS) is 11.4. The van der Waals surface area contributed by atoms with Crippen molar-refractivity contribution >= 4 is 18.4 Å². The molecule has 0 unspecified atom stereocenters. The molecule has 1 rings (SSSR count). The van der Waals surface area contributed by atoms with Crippen LogP contribution in [0, 0.1) is 0 Å². The number of rotatable bonds is 3. The van der Waals surface area contributed by atoms with Crippen LogP contribution in [0.3, 0.4) is 0 Å². The van der Waals surface area contributed by atoms with E-state index in [4.69, 9.17) is 5.11 Å². The fraction of sp³-hybridized carbons (Fsp3) is 0.125. The maximum Gasteiger partial charge on any atom is 0.509 e. The molecule has 1 N–H and O–H groups in total. The van der Waals surface area contributed by atoms with Crippen LogP contribution >= 0.6 is 0 Å². The topological polar surface area (TPSA) is 37.3 Å².